The minimum Gasteiger partial charge on any atom is -0.309 e. The number of carbonyl (C=O) groups is 2. The summed E-state index contributed by atoms with van der Waals surface area (Å²) in [5.41, 5.74) is 3.97. The Bertz CT molecular complexity index is 1320. The fourth-order valence-electron chi connectivity index (χ4n) is 4.24. The number of amides is 1. The third kappa shape index (κ3) is 4.49. The minimum absolute atomic E-state index is 0.312. The molecule has 0 radical (unpaired) electrons. The summed E-state index contributed by atoms with van der Waals surface area (Å²) in [5.74, 6) is -0.977. The van der Waals surface area contributed by atoms with Crippen molar-refractivity contribution in [1.82, 2.24) is 24.2 Å². The SMILES string of the molecule is CCN(CC)CCn1c(NC(=O)C(=O)c2c(C)nn(-c3ccccc3)c2C)nc2ccccc21. The summed E-state index contributed by atoms with van der Waals surface area (Å²) < 4.78 is 3.65. The lowest BCUT2D eigenvalue weighted by Crippen LogP contribution is -2.29. The van der Waals surface area contributed by atoms with Crippen LogP contribution in [0.15, 0.2) is 54.6 Å². The van der Waals surface area contributed by atoms with Crippen molar-refractivity contribution in [2.45, 2.75) is 34.2 Å². The Morgan fingerprint density at radius 2 is 1.65 bits per heavy atom. The van der Waals surface area contributed by atoms with Gasteiger partial charge in [-0.15, -0.1) is 0 Å². The lowest BCUT2D eigenvalue weighted by Gasteiger charge is -2.19. The quantitative estimate of drug-likeness (QED) is 0.303. The lowest BCUT2D eigenvalue weighted by molar-refractivity contribution is -0.112. The molecule has 8 nitrogen and oxygen atoms in total. The van der Waals surface area contributed by atoms with Crippen LogP contribution >= 0.6 is 0 Å². The van der Waals surface area contributed by atoms with Crippen LogP contribution in [-0.2, 0) is 11.3 Å². The predicted octanol–water partition coefficient (Wildman–Crippen LogP) is 4.00. The maximum absolute atomic E-state index is 13.2. The maximum atomic E-state index is 13.2. The van der Waals surface area contributed by atoms with Crippen LogP contribution in [0.5, 0.6) is 0 Å². The summed E-state index contributed by atoms with van der Waals surface area (Å²) in [6, 6.07) is 17.3. The monoisotopic (exact) mass is 458 g/mol. The first-order valence-corrected chi connectivity index (χ1v) is 11.6. The van der Waals surface area contributed by atoms with Crippen molar-refractivity contribution in [3.63, 3.8) is 0 Å². The fourth-order valence-corrected chi connectivity index (χ4v) is 4.24. The van der Waals surface area contributed by atoms with Crippen LogP contribution < -0.4 is 5.32 Å². The second-order valence-corrected chi connectivity index (χ2v) is 8.18. The Hall–Kier alpha value is -3.78. The number of para-hydroxylation sites is 3. The molecule has 0 aliphatic carbocycles. The highest BCUT2D eigenvalue weighted by Crippen LogP contribution is 2.22. The maximum Gasteiger partial charge on any atom is 0.299 e. The topological polar surface area (TPSA) is 85.0 Å². The van der Waals surface area contributed by atoms with E-state index >= 15 is 0 Å². The summed E-state index contributed by atoms with van der Waals surface area (Å²) in [4.78, 5) is 33.2. The molecule has 0 unspecified atom stereocenters. The van der Waals surface area contributed by atoms with E-state index in [1.54, 1.807) is 18.5 Å². The molecule has 0 saturated carbocycles. The van der Waals surface area contributed by atoms with Gasteiger partial charge in [-0.2, -0.15) is 5.10 Å². The second-order valence-electron chi connectivity index (χ2n) is 8.18. The molecule has 1 amide bonds. The van der Waals surface area contributed by atoms with E-state index in [4.69, 9.17) is 0 Å². The van der Waals surface area contributed by atoms with E-state index in [-0.39, 0.29) is 0 Å². The second kappa shape index (κ2) is 10.0. The molecule has 1 N–H and O–H groups in total. The number of benzene rings is 2. The summed E-state index contributed by atoms with van der Waals surface area (Å²) in [5, 5.41) is 7.27. The Kier molecular flexibility index (Phi) is 6.88. The molecule has 0 fully saturated rings. The number of aryl methyl sites for hydroxylation is 1. The predicted molar refractivity (Wildman–Crippen MR) is 134 cm³/mol. The summed E-state index contributed by atoms with van der Waals surface area (Å²) in [6.07, 6.45) is 0. The third-order valence-corrected chi connectivity index (χ3v) is 6.14. The zero-order valence-electron chi connectivity index (χ0n) is 20.1. The van der Waals surface area contributed by atoms with Gasteiger partial charge in [-0.1, -0.05) is 44.2 Å². The van der Waals surface area contributed by atoms with Crippen LogP contribution in [0, 0.1) is 13.8 Å². The summed E-state index contributed by atoms with van der Waals surface area (Å²) in [6.45, 7) is 11.1. The lowest BCUT2D eigenvalue weighted by atomic mass is 10.1. The van der Waals surface area contributed by atoms with Crippen LogP contribution in [0.3, 0.4) is 0 Å². The molecule has 0 aliphatic heterocycles. The van der Waals surface area contributed by atoms with E-state index in [0.717, 1.165) is 36.4 Å². The molecular formula is C26H30N6O2. The van der Waals surface area contributed by atoms with Gasteiger partial charge in [-0.25, -0.2) is 9.67 Å². The number of hydrogen-bond acceptors (Lipinski definition) is 5. The van der Waals surface area contributed by atoms with Gasteiger partial charge in [-0.3, -0.25) is 14.9 Å². The van der Waals surface area contributed by atoms with E-state index in [1.165, 1.54) is 0 Å². The van der Waals surface area contributed by atoms with Crippen molar-refractivity contribution >= 4 is 28.7 Å². The number of ketones is 1. The molecule has 4 aromatic rings. The molecule has 34 heavy (non-hydrogen) atoms. The first-order valence-electron chi connectivity index (χ1n) is 11.6. The molecule has 0 atom stereocenters. The van der Waals surface area contributed by atoms with Gasteiger partial charge in [-0.05, 0) is 51.2 Å². The number of imidazole rings is 1. The van der Waals surface area contributed by atoms with Crippen molar-refractivity contribution in [2.24, 2.45) is 0 Å². The van der Waals surface area contributed by atoms with Crippen molar-refractivity contribution in [2.75, 3.05) is 25.0 Å². The number of rotatable bonds is 9. The minimum atomic E-state index is -0.724. The highest BCUT2D eigenvalue weighted by atomic mass is 16.2. The first kappa shape index (κ1) is 23.4. The van der Waals surface area contributed by atoms with Crippen LogP contribution in [0.4, 0.5) is 5.95 Å². The average molecular weight is 459 g/mol. The van der Waals surface area contributed by atoms with E-state index in [0.29, 0.717) is 29.4 Å². The number of fused-ring (bicyclic) bond motifs is 1. The molecule has 0 aliphatic rings. The highest BCUT2D eigenvalue weighted by molar-refractivity contribution is 6.47. The molecule has 2 aromatic heterocycles. The van der Waals surface area contributed by atoms with Crippen LogP contribution in [0.25, 0.3) is 16.7 Å². The van der Waals surface area contributed by atoms with E-state index in [1.807, 2.05) is 59.2 Å². The smallest absolute Gasteiger partial charge is 0.299 e. The van der Waals surface area contributed by atoms with Crippen molar-refractivity contribution in [1.29, 1.82) is 0 Å². The number of anilines is 1. The van der Waals surface area contributed by atoms with Gasteiger partial charge in [0.05, 0.1) is 33.7 Å². The number of aromatic nitrogens is 4. The van der Waals surface area contributed by atoms with Gasteiger partial charge in [0.25, 0.3) is 11.7 Å². The van der Waals surface area contributed by atoms with Crippen LogP contribution in [-0.4, -0.2) is 55.6 Å². The molecule has 2 heterocycles. The summed E-state index contributed by atoms with van der Waals surface area (Å²) >= 11 is 0. The molecule has 2 aromatic carbocycles. The van der Waals surface area contributed by atoms with Crippen LogP contribution in [0.2, 0.25) is 0 Å². The van der Waals surface area contributed by atoms with Gasteiger partial charge < -0.3 is 9.47 Å². The largest absolute Gasteiger partial charge is 0.309 e. The van der Waals surface area contributed by atoms with E-state index in [2.05, 4.69) is 34.1 Å². The Morgan fingerprint density at radius 1 is 0.971 bits per heavy atom. The highest BCUT2D eigenvalue weighted by Gasteiger charge is 2.26. The molecule has 176 valence electrons. The normalized spacial score (nSPS) is 11.3. The third-order valence-electron chi connectivity index (χ3n) is 6.14. The Balaban J connectivity index is 1.62. The first-order chi connectivity index (χ1) is 16.4. The standard InChI is InChI=1S/C26H30N6O2/c1-5-30(6-2)16-17-31-22-15-11-10-14-21(22)27-26(31)28-25(34)24(33)23-18(3)29-32(19(23)4)20-12-8-7-9-13-20/h7-15H,5-6,16-17H2,1-4H3,(H,27,28,34). The number of carbonyl (C=O) groups excluding carboxylic acids is 2. The Labute approximate surface area is 199 Å². The molecule has 0 bridgehead atoms. The van der Waals surface area contributed by atoms with E-state index in [9.17, 15) is 9.59 Å². The molecule has 4 rings (SSSR count). The fraction of sp³-hybridized carbons (Fsp3) is 0.308. The van der Waals surface area contributed by atoms with Gasteiger partial charge in [0.1, 0.15) is 0 Å². The van der Waals surface area contributed by atoms with Gasteiger partial charge in [0.15, 0.2) is 0 Å². The number of hydrogen-bond donors (Lipinski definition) is 1. The van der Waals surface area contributed by atoms with Crippen molar-refractivity contribution < 1.29 is 9.59 Å². The summed E-state index contributed by atoms with van der Waals surface area (Å²) in [7, 11) is 0. The average Bonchev–Trinajstić information content (AvgIpc) is 3.35. The van der Waals surface area contributed by atoms with Gasteiger partial charge in [0, 0.05) is 13.1 Å². The molecular weight excluding hydrogens is 428 g/mol. The number of nitrogens with one attached hydrogen (secondary N) is 1. The van der Waals surface area contributed by atoms with Crippen molar-refractivity contribution in [3.8, 4) is 5.69 Å². The number of nitrogens with zero attached hydrogens (tertiary/aromatic N) is 5. The van der Waals surface area contributed by atoms with Gasteiger partial charge in [0.2, 0.25) is 5.95 Å². The number of likely N-dealkylation sites (N-methyl/N-ethyl adjacent to an activating group) is 1. The zero-order valence-corrected chi connectivity index (χ0v) is 20.1. The molecule has 8 heteroatoms. The van der Waals surface area contributed by atoms with Crippen molar-refractivity contribution in [3.05, 3.63) is 71.5 Å². The number of Topliss-reactive ketones (excluding diaryl/α,β-unsaturated/α-hetero) is 1. The Morgan fingerprint density at radius 3 is 2.35 bits per heavy atom. The van der Waals surface area contributed by atoms with E-state index < -0.39 is 11.7 Å². The molecule has 0 saturated heterocycles. The molecule has 0 spiro atoms. The van der Waals surface area contributed by atoms with Gasteiger partial charge >= 0.3 is 0 Å². The van der Waals surface area contributed by atoms with Crippen LogP contribution in [0.1, 0.15) is 35.6 Å². The zero-order chi connectivity index (χ0) is 24.2.